The third-order valence-electron chi connectivity index (χ3n) is 5.92. The molecule has 1 saturated heterocycles. The fourth-order valence-electron chi connectivity index (χ4n) is 4.33. The van der Waals surface area contributed by atoms with E-state index in [2.05, 4.69) is 29.3 Å². The Balaban J connectivity index is 1.27. The normalized spacial score (nSPS) is 16.9. The summed E-state index contributed by atoms with van der Waals surface area (Å²) in [5, 5.41) is 11.7. The SMILES string of the molecule is O=C(NCC#CC(=O)N1CCCC(C(=O)O)C1)OCC1c2ccccc2-c2ccccc21. The largest absolute Gasteiger partial charge is 0.481 e. The van der Waals surface area contributed by atoms with Crippen molar-refractivity contribution < 1.29 is 24.2 Å². The van der Waals surface area contributed by atoms with Gasteiger partial charge in [-0.1, -0.05) is 54.5 Å². The van der Waals surface area contributed by atoms with Crippen molar-refractivity contribution >= 4 is 18.0 Å². The number of rotatable bonds is 4. The Morgan fingerprint density at radius 2 is 1.72 bits per heavy atom. The highest BCUT2D eigenvalue weighted by Crippen LogP contribution is 2.44. The second-order valence-corrected chi connectivity index (χ2v) is 7.91. The van der Waals surface area contributed by atoms with Gasteiger partial charge < -0.3 is 20.1 Å². The van der Waals surface area contributed by atoms with Crippen molar-refractivity contribution in [1.82, 2.24) is 10.2 Å². The van der Waals surface area contributed by atoms with Crippen molar-refractivity contribution in [3.05, 3.63) is 59.7 Å². The summed E-state index contributed by atoms with van der Waals surface area (Å²) >= 11 is 0. The number of fused-ring (bicyclic) bond motifs is 3. The Labute approximate surface area is 186 Å². The van der Waals surface area contributed by atoms with E-state index in [9.17, 15) is 14.4 Å². The fourth-order valence-corrected chi connectivity index (χ4v) is 4.33. The number of nitrogens with zero attached hydrogens (tertiary/aromatic N) is 1. The van der Waals surface area contributed by atoms with Crippen molar-refractivity contribution in [1.29, 1.82) is 0 Å². The number of alkyl carbamates (subject to hydrolysis) is 1. The number of piperidine rings is 1. The van der Waals surface area contributed by atoms with E-state index in [4.69, 9.17) is 9.84 Å². The van der Waals surface area contributed by atoms with Crippen molar-refractivity contribution in [2.45, 2.75) is 18.8 Å². The molecule has 2 aliphatic rings. The molecule has 2 amide bonds. The third-order valence-corrected chi connectivity index (χ3v) is 5.92. The van der Waals surface area contributed by atoms with Crippen LogP contribution in [0.3, 0.4) is 0 Å². The smallest absolute Gasteiger partial charge is 0.407 e. The number of benzene rings is 2. The lowest BCUT2D eigenvalue weighted by atomic mass is 9.98. The number of aliphatic carboxylic acids is 1. The topological polar surface area (TPSA) is 95.9 Å². The van der Waals surface area contributed by atoms with Crippen molar-refractivity contribution in [2.75, 3.05) is 26.2 Å². The predicted molar refractivity (Wildman–Crippen MR) is 118 cm³/mol. The van der Waals surface area contributed by atoms with Gasteiger partial charge in [-0.3, -0.25) is 9.59 Å². The van der Waals surface area contributed by atoms with Gasteiger partial charge in [-0.2, -0.15) is 0 Å². The second-order valence-electron chi connectivity index (χ2n) is 7.91. The summed E-state index contributed by atoms with van der Waals surface area (Å²) in [7, 11) is 0. The molecule has 1 atom stereocenters. The van der Waals surface area contributed by atoms with Crippen LogP contribution in [0.25, 0.3) is 11.1 Å². The van der Waals surface area contributed by atoms with Crippen LogP contribution in [-0.2, 0) is 14.3 Å². The Bertz CT molecular complexity index is 1060. The monoisotopic (exact) mass is 432 g/mol. The van der Waals surface area contributed by atoms with Crippen LogP contribution in [0.15, 0.2) is 48.5 Å². The van der Waals surface area contributed by atoms with E-state index in [-0.39, 0.29) is 25.6 Å². The lowest BCUT2D eigenvalue weighted by Crippen LogP contribution is -2.41. The molecule has 0 spiro atoms. The average molecular weight is 432 g/mol. The fraction of sp³-hybridized carbons (Fsp3) is 0.320. The van der Waals surface area contributed by atoms with Gasteiger partial charge in [0.1, 0.15) is 6.61 Å². The Kier molecular flexibility index (Phi) is 6.41. The Morgan fingerprint density at radius 3 is 2.38 bits per heavy atom. The highest BCUT2D eigenvalue weighted by Gasteiger charge is 2.29. The minimum Gasteiger partial charge on any atom is -0.481 e. The zero-order valence-electron chi connectivity index (χ0n) is 17.5. The maximum atomic E-state index is 12.2. The number of nitrogens with one attached hydrogen (secondary N) is 1. The molecule has 32 heavy (non-hydrogen) atoms. The highest BCUT2D eigenvalue weighted by molar-refractivity contribution is 5.94. The van der Waals surface area contributed by atoms with E-state index in [1.165, 1.54) is 4.90 Å². The molecule has 1 heterocycles. The first-order chi connectivity index (χ1) is 15.5. The first kappa shape index (κ1) is 21.4. The molecule has 0 radical (unpaired) electrons. The number of carboxylic acid groups (broad SMARTS) is 1. The van der Waals surface area contributed by atoms with Crippen LogP contribution in [0.5, 0.6) is 0 Å². The predicted octanol–water partition coefficient (Wildman–Crippen LogP) is 2.85. The first-order valence-electron chi connectivity index (χ1n) is 10.6. The number of hydrogen-bond donors (Lipinski definition) is 2. The molecule has 2 aromatic carbocycles. The average Bonchev–Trinajstić information content (AvgIpc) is 3.14. The van der Waals surface area contributed by atoms with Crippen LogP contribution in [-0.4, -0.2) is 54.2 Å². The zero-order valence-corrected chi connectivity index (χ0v) is 17.5. The molecule has 7 nitrogen and oxygen atoms in total. The third kappa shape index (κ3) is 4.59. The molecule has 1 aliphatic heterocycles. The zero-order chi connectivity index (χ0) is 22.5. The minimum absolute atomic E-state index is 0.0258. The molecular formula is C25H24N2O5. The van der Waals surface area contributed by atoms with Crippen LogP contribution in [0, 0.1) is 17.8 Å². The number of carbonyl (C=O) groups excluding carboxylic acids is 2. The minimum atomic E-state index is -0.896. The molecule has 0 bridgehead atoms. The van der Waals surface area contributed by atoms with Gasteiger partial charge in [-0.05, 0) is 41.0 Å². The van der Waals surface area contributed by atoms with Crippen molar-refractivity contribution in [2.24, 2.45) is 5.92 Å². The number of likely N-dealkylation sites (tertiary alicyclic amines) is 1. The Hall–Kier alpha value is -3.79. The molecular weight excluding hydrogens is 408 g/mol. The van der Waals surface area contributed by atoms with Gasteiger partial charge in [-0.15, -0.1) is 0 Å². The summed E-state index contributed by atoms with van der Waals surface area (Å²) in [5.74, 6) is 3.19. The molecule has 1 fully saturated rings. The summed E-state index contributed by atoms with van der Waals surface area (Å²) < 4.78 is 5.43. The second kappa shape index (κ2) is 9.56. The molecule has 2 N–H and O–H groups in total. The number of amides is 2. The number of hydrogen-bond acceptors (Lipinski definition) is 4. The Morgan fingerprint density at radius 1 is 1.06 bits per heavy atom. The molecule has 0 aromatic heterocycles. The molecule has 164 valence electrons. The lowest BCUT2D eigenvalue weighted by molar-refractivity contribution is -0.144. The quantitative estimate of drug-likeness (QED) is 0.725. The summed E-state index contributed by atoms with van der Waals surface area (Å²) in [6.07, 6.45) is 0.607. The molecule has 1 unspecified atom stereocenters. The number of carboxylic acids is 1. The van der Waals surface area contributed by atoms with Gasteiger partial charge >= 0.3 is 12.1 Å². The van der Waals surface area contributed by atoms with Crippen LogP contribution < -0.4 is 5.32 Å². The van der Waals surface area contributed by atoms with E-state index in [1.54, 1.807) is 0 Å². The summed E-state index contributed by atoms with van der Waals surface area (Å²) in [6.45, 7) is 0.842. The standard InChI is InChI=1S/C25H24N2O5/c28-23(27-14-6-7-17(15-27)24(29)30)12-5-13-26-25(31)32-16-22-20-10-3-1-8-18(20)19-9-2-4-11-21(19)22/h1-4,8-11,17,22H,6-7,13-16H2,(H,26,31)(H,29,30). The molecule has 2 aromatic rings. The van der Waals surface area contributed by atoms with E-state index in [1.807, 2.05) is 36.4 Å². The summed E-state index contributed by atoms with van der Waals surface area (Å²) in [5.41, 5.74) is 4.58. The van der Waals surface area contributed by atoms with Gasteiger partial charge in [-0.25, -0.2) is 4.79 Å². The van der Waals surface area contributed by atoms with Gasteiger partial charge in [0, 0.05) is 19.0 Å². The number of ether oxygens (including phenoxy) is 1. The van der Waals surface area contributed by atoms with Crippen LogP contribution in [0.1, 0.15) is 29.9 Å². The van der Waals surface area contributed by atoms with Crippen LogP contribution in [0.2, 0.25) is 0 Å². The van der Waals surface area contributed by atoms with Crippen molar-refractivity contribution in [3.63, 3.8) is 0 Å². The van der Waals surface area contributed by atoms with Gasteiger partial charge in [0.05, 0.1) is 12.5 Å². The maximum absolute atomic E-state index is 12.2. The lowest BCUT2D eigenvalue weighted by Gasteiger charge is -2.29. The first-order valence-corrected chi connectivity index (χ1v) is 10.6. The van der Waals surface area contributed by atoms with Gasteiger partial charge in [0.25, 0.3) is 5.91 Å². The highest BCUT2D eigenvalue weighted by atomic mass is 16.5. The molecule has 1 aliphatic carbocycles. The van der Waals surface area contributed by atoms with E-state index in [0.717, 1.165) is 22.3 Å². The van der Waals surface area contributed by atoms with Crippen LogP contribution >= 0.6 is 0 Å². The van der Waals surface area contributed by atoms with Crippen molar-refractivity contribution in [3.8, 4) is 23.0 Å². The summed E-state index contributed by atoms with van der Waals surface area (Å²) in [4.78, 5) is 36.8. The van der Waals surface area contributed by atoms with E-state index >= 15 is 0 Å². The van der Waals surface area contributed by atoms with Gasteiger partial charge in [0.2, 0.25) is 0 Å². The van der Waals surface area contributed by atoms with E-state index < -0.39 is 23.9 Å². The summed E-state index contributed by atoms with van der Waals surface area (Å²) in [6, 6.07) is 16.2. The van der Waals surface area contributed by atoms with E-state index in [0.29, 0.717) is 19.4 Å². The molecule has 0 saturated carbocycles. The maximum Gasteiger partial charge on any atom is 0.407 e. The van der Waals surface area contributed by atoms with Gasteiger partial charge in [0.15, 0.2) is 0 Å². The molecule has 4 rings (SSSR count). The number of carbonyl (C=O) groups is 3. The molecule has 7 heteroatoms. The van der Waals surface area contributed by atoms with Crippen LogP contribution in [0.4, 0.5) is 4.79 Å².